The standard InChI is InChI=1S/C14H19N3/c1-9-5-6-10(8-16-9)13-11(15)7-12(17-13)14(2,3)4/h5-8,13H,15H2,1-4H3. The number of nitrogens with zero attached hydrogens (tertiary/aromatic N) is 2. The summed E-state index contributed by atoms with van der Waals surface area (Å²) in [5.74, 6) is 0. The highest BCUT2D eigenvalue weighted by Gasteiger charge is 2.26. The quantitative estimate of drug-likeness (QED) is 0.805. The van der Waals surface area contributed by atoms with Gasteiger partial charge in [-0.05, 0) is 19.1 Å². The van der Waals surface area contributed by atoms with E-state index < -0.39 is 0 Å². The van der Waals surface area contributed by atoms with Crippen LogP contribution in [0.25, 0.3) is 0 Å². The van der Waals surface area contributed by atoms with Crippen LogP contribution in [0.5, 0.6) is 0 Å². The highest BCUT2D eigenvalue weighted by Crippen LogP contribution is 2.32. The van der Waals surface area contributed by atoms with Gasteiger partial charge >= 0.3 is 0 Å². The van der Waals surface area contributed by atoms with E-state index in [9.17, 15) is 0 Å². The van der Waals surface area contributed by atoms with Crippen molar-refractivity contribution in [3.63, 3.8) is 0 Å². The van der Waals surface area contributed by atoms with Gasteiger partial charge in [-0.25, -0.2) is 0 Å². The van der Waals surface area contributed by atoms with Crippen molar-refractivity contribution >= 4 is 5.71 Å². The minimum atomic E-state index is -0.0580. The summed E-state index contributed by atoms with van der Waals surface area (Å²) >= 11 is 0. The molecule has 17 heavy (non-hydrogen) atoms. The zero-order valence-electron chi connectivity index (χ0n) is 10.9. The number of hydrogen-bond donors (Lipinski definition) is 1. The molecule has 2 N–H and O–H groups in total. The Hall–Kier alpha value is -1.64. The van der Waals surface area contributed by atoms with Crippen LogP contribution in [0.3, 0.4) is 0 Å². The average Bonchev–Trinajstić information content (AvgIpc) is 2.61. The Kier molecular flexibility index (Phi) is 2.77. The van der Waals surface area contributed by atoms with Crippen LogP contribution in [0.4, 0.5) is 0 Å². The molecule has 0 fully saturated rings. The lowest BCUT2D eigenvalue weighted by Gasteiger charge is -2.16. The Balaban J connectivity index is 2.33. The first-order valence-corrected chi connectivity index (χ1v) is 5.86. The Morgan fingerprint density at radius 3 is 2.41 bits per heavy atom. The van der Waals surface area contributed by atoms with Gasteiger partial charge in [-0.2, -0.15) is 0 Å². The Morgan fingerprint density at radius 1 is 1.24 bits per heavy atom. The molecule has 3 heteroatoms. The normalized spacial score (nSPS) is 20.1. The monoisotopic (exact) mass is 229 g/mol. The van der Waals surface area contributed by atoms with Crippen LogP contribution in [0.1, 0.15) is 38.1 Å². The highest BCUT2D eigenvalue weighted by molar-refractivity contribution is 6.01. The van der Waals surface area contributed by atoms with Crippen molar-refractivity contribution in [2.24, 2.45) is 16.1 Å². The molecular formula is C14H19N3. The first-order chi connectivity index (χ1) is 7.88. The van der Waals surface area contributed by atoms with Gasteiger partial charge in [0.25, 0.3) is 0 Å². The molecule has 0 saturated heterocycles. The lowest BCUT2D eigenvalue weighted by Crippen LogP contribution is -2.16. The summed E-state index contributed by atoms with van der Waals surface area (Å²) in [4.78, 5) is 8.99. The second-order valence-electron chi connectivity index (χ2n) is 5.54. The summed E-state index contributed by atoms with van der Waals surface area (Å²) in [5, 5.41) is 0. The number of nitrogens with two attached hydrogens (primary N) is 1. The summed E-state index contributed by atoms with van der Waals surface area (Å²) in [6.07, 6.45) is 3.85. The third-order valence-corrected chi connectivity index (χ3v) is 2.91. The van der Waals surface area contributed by atoms with E-state index in [2.05, 4.69) is 25.8 Å². The third-order valence-electron chi connectivity index (χ3n) is 2.91. The maximum Gasteiger partial charge on any atom is 0.116 e. The molecule has 1 unspecified atom stereocenters. The molecule has 1 aliphatic heterocycles. The van der Waals surface area contributed by atoms with Crippen LogP contribution in [0.2, 0.25) is 0 Å². The minimum Gasteiger partial charge on any atom is -0.400 e. The first-order valence-electron chi connectivity index (χ1n) is 5.86. The maximum atomic E-state index is 6.05. The highest BCUT2D eigenvalue weighted by atomic mass is 14.9. The number of hydrogen-bond acceptors (Lipinski definition) is 3. The second-order valence-corrected chi connectivity index (χ2v) is 5.54. The first kappa shape index (κ1) is 11.8. The average molecular weight is 229 g/mol. The molecule has 0 aliphatic carbocycles. The van der Waals surface area contributed by atoms with E-state index in [1.807, 2.05) is 31.3 Å². The fraction of sp³-hybridized carbons (Fsp3) is 0.429. The van der Waals surface area contributed by atoms with Gasteiger partial charge in [-0.15, -0.1) is 0 Å². The van der Waals surface area contributed by atoms with E-state index in [4.69, 9.17) is 10.7 Å². The van der Waals surface area contributed by atoms with Gasteiger partial charge < -0.3 is 5.73 Å². The van der Waals surface area contributed by atoms with E-state index in [0.717, 1.165) is 22.7 Å². The van der Waals surface area contributed by atoms with Crippen molar-refractivity contribution in [3.8, 4) is 0 Å². The number of aromatic nitrogens is 1. The van der Waals surface area contributed by atoms with E-state index in [1.165, 1.54) is 0 Å². The van der Waals surface area contributed by atoms with Crippen molar-refractivity contribution in [2.45, 2.75) is 33.7 Å². The Labute approximate surface area is 102 Å². The van der Waals surface area contributed by atoms with Gasteiger partial charge in [0.05, 0.1) is 0 Å². The summed E-state index contributed by atoms with van der Waals surface area (Å²) in [7, 11) is 0. The van der Waals surface area contributed by atoms with Crippen LogP contribution >= 0.6 is 0 Å². The molecule has 2 rings (SSSR count). The molecule has 0 amide bonds. The number of allylic oxidation sites excluding steroid dienone is 1. The van der Waals surface area contributed by atoms with Crippen molar-refractivity contribution in [1.82, 2.24) is 4.98 Å². The van der Waals surface area contributed by atoms with Crippen LogP contribution in [-0.2, 0) is 0 Å². The Morgan fingerprint density at radius 2 is 1.94 bits per heavy atom. The lowest BCUT2D eigenvalue weighted by molar-refractivity contribution is 0.591. The van der Waals surface area contributed by atoms with Crippen molar-refractivity contribution in [3.05, 3.63) is 41.4 Å². The fourth-order valence-corrected chi connectivity index (χ4v) is 1.81. The molecule has 0 aromatic carbocycles. The molecule has 1 aromatic rings. The summed E-state index contributed by atoms with van der Waals surface area (Å²) < 4.78 is 0. The summed E-state index contributed by atoms with van der Waals surface area (Å²) in [5.41, 5.74) is 10.0. The van der Waals surface area contributed by atoms with Crippen molar-refractivity contribution in [2.75, 3.05) is 0 Å². The van der Waals surface area contributed by atoms with Gasteiger partial charge in [-0.3, -0.25) is 9.98 Å². The molecule has 0 radical (unpaired) electrons. The zero-order valence-corrected chi connectivity index (χ0v) is 10.9. The maximum absolute atomic E-state index is 6.05. The lowest BCUT2D eigenvalue weighted by atomic mass is 9.90. The summed E-state index contributed by atoms with van der Waals surface area (Å²) in [6.45, 7) is 8.41. The van der Waals surface area contributed by atoms with Crippen LogP contribution < -0.4 is 5.73 Å². The van der Waals surface area contributed by atoms with Crippen molar-refractivity contribution in [1.29, 1.82) is 0 Å². The molecule has 0 saturated carbocycles. The Bertz CT molecular complexity index is 475. The van der Waals surface area contributed by atoms with Gasteiger partial charge in [0, 0.05) is 34.3 Å². The minimum absolute atomic E-state index is 0.0392. The number of aryl methyl sites for hydroxylation is 1. The van der Waals surface area contributed by atoms with Gasteiger partial charge in [-0.1, -0.05) is 26.8 Å². The molecule has 1 aromatic heterocycles. The molecule has 1 aliphatic rings. The zero-order chi connectivity index (χ0) is 12.6. The predicted molar refractivity (Wildman–Crippen MR) is 70.9 cm³/mol. The molecule has 3 nitrogen and oxygen atoms in total. The van der Waals surface area contributed by atoms with Crippen LogP contribution in [-0.4, -0.2) is 10.7 Å². The molecule has 0 spiro atoms. The van der Waals surface area contributed by atoms with E-state index in [-0.39, 0.29) is 11.5 Å². The second kappa shape index (κ2) is 3.99. The van der Waals surface area contributed by atoms with Crippen molar-refractivity contribution < 1.29 is 0 Å². The van der Waals surface area contributed by atoms with Crippen LogP contribution in [0, 0.1) is 12.3 Å². The van der Waals surface area contributed by atoms with Gasteiger partial charge in [0.2, 0.25) is 0 Å². The predicted octanol–water partition coefficient (Wildman–Crippen LogP) is 2.77. The van der Waals surface area contributed by atoms with Gasteiger partial charge in [0.1, 0.15) is 6.04 Å². The van der Waals surface area contributed by atoms with E-state index in [1.54, 1.807) is 0 Å². The largest absolute Gasteiger partial charge is 0.400 e. The summed E-state index contributed by atoms with van der Waals surface area (Å²) in [6, 6.07) is 3.98. The smallest absolute Gasteiger partial charge is 0.116 e. The molecule has 1 atom stereocenters. The number of rotatable bonds is 1. The van der Waals surface area contributed by atoms with Gasteiger partial charge in [0.15, 0.2) is 0 Å². The third kappa shape index (κ3) is 2.38. The fourth-order valence-electron chi connectivity index (χ4n) is 1.81. The molecular weight excluding hydrogens is 210 g/mol. The topological polar surface area (TPSA) is 51.3 Å². The van der Waals surface area contributed by atoms with Crippen LogP contribution in [0.15, 0.2) is 35.1 Å². The molecule has 0 bridgehead atoms. The van der Waals surface area contributed by atoms with E-state index >= 15 is 0 Å². The number of aliphatic imine (C=N–C) groups is 1. The molecule has 90 valence electrons. The SMILES string of the molecule is Cc1ccc(C2N=C(C(C)(C)C)C=C2N)cn1. The van der Waals surface area contributed by atoms with E-state index in [0.29, 0.717) is 0 Å². The molecule has 2 heterocycles. The number of pyridine rings is 1.